The molecule has 0 aliphatic carbocycles. The number of hydrogen-bond acceptors (Lipinski definition) is 6. The summed E-state index contributed by atoms with van der Waals surface area (Å²) in [5, 5.41) is 17.3. The summed E-state index contributed by atoms with van der Waals surface area (Å²) in [6, 6.07) is 74.5. The molecule has 9 aromatic carbocycles. The molecule has 11 aromatic heterocycles. The third-order valence-electron chi connectivity index (χ3n) is 24.1. The zero-order valence-electron chi connectivity index (χ0n) is 74.0. The van der Waals surface area contributed by atoms with Gasteiger partial charge in [-0.25, -0.2) is 4.79 Å². The maximum Gasteiger partial charge on any atom is 0.352 e. The molecule has 0 aliphatic heterocycles. The van der Waals surface area contributed by atoms with Crippen LogP contribution in [0.25, 0.3) is 166 Å². The van der Waals surface area contributed by atoms with Gasteiger partial charge in [-0.1, -0.05) is 226 Å². The average molecular weight is 1780 g/mol. The number of halogens is 3. The van der Waals surface area contributed by atoms with Crippen LogP contribution in [0.2, 0.25) is 15.1 Å². The number of carboxylic acids is 1. The molecule has 0 amide bonds. The van der Waals surface area contributed by atoms with Crippen LogP contribution in [0.3, 0.4) is 0 Å². The number of carboxylic acid groups (broad SMARTS) is 1. The first-order valence-electron chi connectivity index (χ1n) is 43.6. The Labute approximate surface area is 767 Å². The molecule has 0 unspecified atom stereocenters. The third-order valence-corrected chi connectivity index (χ3v) is 25.1. The van der Waals surface area contributed by atoms with Gasteiger partial charge in [-0.3, -0.25) is 24.2 Å². The largest absolute Gasteiger partial charge is 0.477 e. The van der Waals surface area contributed by atoms with E-state index < -0.39 is 5.97 Å². The van der Waals surface area contributed by atoms with Gasteiger partial charge < -0.3 is 54.9 Å². The number of Topliss-reactive ketones (excluding diaryl/α,β-unsaturated/α-hetero) is 4. The Bertz CT molecular complexity index is 7670. The highest BCUT2D eigenvalue weighted by Gasteiger charge is 2.30. The number of nitrogens with one attached hydrogen (secondary N) is 10. The lowest BCUT2D eigenvalue weighted by Gasteiger charge is -2.10. The second-order valence-electron chi connectivity index (χ2n) is 32.4. The number of aromatic nitrogens is 11. The van der Waals surface area contributed by atoms with Crippen LogP contribution in [-0.2, 0) is 25.7 Å². The number of benzene rings is 9. The van der Waals surface area contributed by atoms with E-state index in [9.17, 15) is 29.1 Å². The van der Waals surface area contributed by atoms with Gasteiger partial charge in [0.25, 0.3) is 0 Å². The summed E-state index contributed by atoms with van der Waals surface area (Å²) in [6.45, 7) is 20.9. The number of aromatic carboxylic acids is 1. The number of carbonyl (C=O) groups excluding carboxylic acids is 4. The van der Waals surface area contributed by atoms with E-state index in [0.717, 1.165) is 226 Å². The fraction of sp³-hybridized carbons (Fsp3) is 0.145. The van der Waals surface area contributed by atoms with Crippen LogP contribution in [0, 0.1) is 20.8 Å². The fourth-order valence-electron chi connectivity index (χ4n) is 18.2. The molecule has 0 spiro atoms. The minimum absolute atomic E-state index is 0.00878. The predicted octanol–water partition coefficient (Wildman–Crippen LogP) is 29.6. The van der Waals surface area contributed by atoms with Crippen LogP contribution in [0.4, 0.5) is 0 Å². The average Bonchev–Trinajstić information content (AvgIpc) is 1.62. The van der Waals surface area contributed by atoms with Gasteiger partial charge in [0, 0.05) is 208 Å². The van der Waals surface area contributed by atoms with Gasteiger partial charge in [0.05, 0.1) is 56.3 Å². The van der Waals surface area contributed by atoms with Crippen LogP contribution in [-0.4, -0.2) is 89.0 Å². The van der Waals surface area contributed by atoms with Gasteiger partial charge in [0.2, 0.25) is 0 Å². The minimum Gasteiger partial charge on any atom is -0.477 e. The van der Waals surface area contributed by atoms with E-state index in [1.807, 2.05) is 184 Å². The van der Waals surface area contributed by atoms with Crippen molar-refractivity contribution in [2.24, 2.45) is 0 Å². The first-order valence-corrected chi connectivity index (χ1v) is 44.7. The zero-order chi connectivity index (χ0) is 91.3. The highest BCUT2D eigenvalue weighted by molar-refractivity contribution is 6.35. The molecule has 0 fully saturated rings. The van der Waals surface area contributed by atoms with Gasteiger partial charge >= 0.3 is 5.97 Å². The van der Waals surface area contributed by atoms with E-state index in [-0.39, 0.29) is 28.8 Å². The SMILES string of the molecule is CC(=O)c1[nH]c(-c2cccc3[nH]ccc23)c(C)c1-c1ccccc1Cl.CCCc1c(-c2cccc3[nH]ccc23)[nH]c(C(C)=O)c1-c1ccccc1Cl.CCc1c(-c2cccc3[nH]ccc23)[nH]c(C(=O)O)c1-c1cccc(C)c1.CCc1c(-c2cccc3[nH]ccc23)[nH]c(C(C)=O)c1-c1ccc(C)cc1.CCc1c(-c2cccc3[nH]ccc23)[nH]c(C(C)=O)c1-c1cnccc1Cl. The molecule has 0 radical (unpaired) electrons. The summed E-state index contributed by atoms with van der Waals surface area (Å²) < 4.78 is 0. The van der Waals surface area contributed by atoms with E-state index >= 15 is 0 Å². The van der Waals surface area contributed by atoms with Gasteiger partial charge in [-0.2, -0.15) is 0 Å². The van der Waals surface area contributed by atoms with Crippen molar-refractivity contribution in [2.45, 2.75) is 108 Å². The van der Waals surface area contributed by atoms with Crippen molar-refractivity contribution in [3.63, 3.8) is 0 Å². The first-order chi connectivity index (χ1) is 63.0. The van der Waals surface area contributed by atoms with Crippen molar-refractivity contribution in [1.29, 1.82) is 0 Å². The number of H-pyrrole nitrogens is 10. The van der Waals surface area contributed by atoms with Gasteiger partial charge in [0.1, 0.15) is 5.69 Å². The van der Waals surface area contributed by atoms with E-state index in [1.165, 1.54) is 11.1 Å². The lowest BCUT2D eigenvalue weighted by Crippen LogP contribution is -1.99. The Balaban J connectivity index is 0.000000119. The Morgan fingerprint density at radius 3 is 1.03 bits per heavy atom. The van der Waals surface area contributed by atoms with Gasteiger partial charge in [-0.15, -0.1) is 0 Å². The number of rotatable bonds is 20. The quantitative estimate of drug-likeness (QED) is 0.0328. The van der Waals surface area contributed by atoms with E-state index in [0.29, 0.717) is 37.8 Å². The smallest absolute Gasteiger partial charge is 0.352 e. The van der Waals surface area contributed by atoms with E-state index in [4.69, 9.17) is 34.8 Å². The van der Waals surface area contributed by atoms with Crippen LogP contribution in [0.15, 0.2) is 268 Å². The van der Waals surface area contributed by atoms with Crippen molar-refractivity contribution in [2.75, 3.05) is 0 Å². The molecule has 20 heteroatoms. The molecule has 20 rings (SSSR count). The number of fused-ring (bicyclic) bond motifs is 5. The monoisotopic (exact) mass is 1770 g/mol. The lowest BCUT2D eigenvalue weighted by molar-refractivity contribution is 0.0691. The molecule has 0 saturated carbocycles. The maximum absolute atomic E-state index is 12.5. The van der Waals surface area contributed by atoms with Crippen molar-refractivity contribution in [3.8, 4) is 112 Å². The van der Waals surface area contributed by atoms with Gasteiger partial charge in [-0.05, 0) is 164 Å². The number of aromatic amines is 10. The van der Waals surface area contributed by atoms with Crippen molar-refractivity contribution < 1.29 is 29.1 Å². The second kappa shape index (κ2) is 38.4. The summed E-state index contributed by atoms with van der Waals surface area (Å²) in [5.41, 5.74) is 35.0. The number of nitrogens with zero attached hydrogens (tertiary/aromatic N) is 1. The minimum atomic E-state index is -0.941. The maximum atomic E-state index is 12.5. The van der Waals surface area contributed by atoms with Crippen molar-refractivity contribution in [1.82, 2.24) is 54.8 Å². The second-order valence-corrected chi connectivity index (χ2v) is 33.6. The molecule has 11 heterocycles. The molecule has 11 N–H and O–H groups in total. The summed E-state index contributed by atoms with van der Waals surface area (Å²) in [7, 11) is 0. The molecule has 0 aliphatic rings. The molecular weight excluding hydrogens is 1680 g/mol. The van der Waals surface area contributed by atoms with Crippen LogP contribution in [0.5, 0.6) is 0 Å². The highest BCUT2D eigenvalue weighted by atomic mass is 35.5. The molecule has 130 heavy (non-hydrogen) atoms. The summed E-state index contributed by atoms with van der Waals surface area (Å²) >= 11 is 19.3. The van der Waals surface area contributed by atoms with Crippen molar-refractivity contribution >= 4 is 118 Å². The fourth-order valence-corrected chi connectivity index (χ4v) is 18.9. The number of carbonyl (C=O) groups is 5. The van der Waals surface area contributed by atoms with Crippen LogP contribution in [0.1, 0.15) is 153 Å². The van der Waals surface area contributed by atoms with E-state index in [2.05, 4.69) is 168 Å². The lowest BCUT2D eigenvalue weighted by atomic mass is 9.93. The topological polar surface area (TPSA) is 276 Å². The number of aryl methyl sites for hydroxylation is 2. The van der Waals surface area contributed by atoms with Crippen LogP contribution < -0.4 is 0 Å². The summed E-state index contributed by atoms with van der Waals surface area (Å²) in [6.07, 6.45) is 17.2. The van der Waals surface area contributed by atoms with Crippen LogP contribution >= 0.6 is 34.8 Å². The Kier molecular flexibility index (Phi) is 26.2. The molecule has 0 saturated heterocycles. The molecule has 650 valence electrons. The Morgan fingerprint density at radius 2 is 0.646 bits per heavy atom. The molecule has 17 nitrogen and oxygen atoms in total. The Hall–Kier alpha value is -14.8. The molecule has 0 bridgehead atoms. The summed E-state index contributed by atoms with van der Waals surface area (Å²) in [5.74, 6) is -0.908. The normalized spacial score (nSPS) is 11.2. The Morgan fingerprint density at radius 1 is 0.315 bits per heavy atom. The standard InChI is InChI=1S/C23H21ClN2O.C23H22N2O.C22H20N2O2.C21H18ClN3O.C21H17ClN2O/c1-3-7-18-21(17-8-4-5-10-19(17)24)22(14(2)27)26-23(18)16-9-6-11-20-15(16)12-13-25-20;1-4-17-21(16-10-8-14(2)9-11-16)22(15(3)26)25-23(17)19-6-5-7-20-18(19)12-13-24-20;1-3-15-19(14-7-4-6-13(2)12-14)21(22(25)26)24-20(15)17-8-5-9-18-16(17)10-11-23-18;1-3-13-19(16-11-23-9-8-17(16)22)20(12(2)26)25-21(13)15-5-4-6-18-14(15)7-10-24-18;1-12-19(16-6-3-4-8-17(16)22)21(13(2)25)24-20(12)15-7-5-9-18-14(15)10-11-23-18/h4-6,8-13,25-26H,3,7H2,1-2H3;5-13,24-25H,4H2,1-3H3;4-12,23-24H,3H2,1-2H3,(H,25,26);4-11,24-25H,3H2,1-2H3;3-11,23-24H,1-2H3. The molecular formula is C110H98Cl3N11O6. The van der Waals surface area contributed by atoms with Gasteiger partial charge in [0.15, 0.2) is 23.1 Å². The highest BCUT2D eigenvalue weighted by Crippen LogP contribution is 2.47. The van der Waals surface area contributed by atoms with E-state index in [1.54, 1.807) is 46.2 Å². The third kappa shape index (κ3) is 17.3. The number of ketones is 4. The first kappa shape index (κ1) is 88.7. The summed E-state index contributed by atoms with van der Waals surface area (Å²) in [4.78, 5) is 98.8. The van der Waals surface area contributed by atoms with Crippen molar-refractivity contribution in [3.05, 3.63) is 350 Å². The number of hydrogen-bond donors (Lipinski definition) is 11. The molecule has 0 atom stereocenters. The molecule has 20 aromatic rings. The predicted molar refractivity (Wildman–Crippen MR) is 534 cm³/mol. The number of pyridine rings is 1. The zero-order valence-corrected chi connectivity index (χ0v) is 76.3.